The summed E-state index contributed by atoms with van der Waals surface area (Å²) in [5, 5.41) is 8.94. The Labute approximate surface area is 93.3 Å². The van der Waals surface area contributed by atoms with Crippen LogP contribution >= 0.6 is 0 Å². The van der Waals surface area contributed by atoms with E-state index in [1.165, 1.54) is 0 Å². The number of aliphatic hydroxyl groups is 1. The maximum atomic E-state index is 8.94. The third-order valence-corrected chi connectivity index (χ3v) is 2.12. The molecular weight excluding hydrogens is 204 g/mol. The van der Waals surface area contributed by atoms with Gasteiger partial charge in [-0.3, -0.25) is 4.98 Å². The number of pyridine rings is 1. The van der Waals surface area contributed by atoms with Gasteiger partial charge in [0.1, 0.15) is 11.5 Å². The van der Waals surface area contributed by atoms with Crippen molar-refractivity contribution in [1.82, 2.24) is 4.98 Å². The van der Waals surface area contributed by atoms with Crippen LogP contribution in [0.25, 0.3) is 0 Å². The Bertz CT molecular complexity index is 472. The number of nitrogen functional groups attached to an aromatic ring is 1. The van der Waals surface area contributed by atoms with Gasteiger partial charge in [0.05, 0.1) is 18.5 Å². The molecular formula is C12H12N2O2. The molecule has 1 aromatic heterocycles. The molecule has 0 unspecified atom stereocenters. The van der Waals surface area contributed by atoms with Crippen molar-refractivity contribution in [2.75, 3.05) is 5.73 Å². The smallest absolute Gasteiger partial charge is 0.150 e. The van der Waals surface area contributed by atoms with Gasteiger partial charge in [0.15, 0.2) is 0 Å². The number of nitrogens with zero attached hydrogens (tertiary/aromatic N) is 1. The number of nitrogens with two attached hydrogens (primary N) is 1. The van der Waals surface area contributed by atoms with Crippen molar-refractivity contribution in [3.63, 3.8) is 0 Å². The molecule has 0 saturated heterocycles. The van der Waals surface area contributed by atoms with Gasteiger partial charge in [-0.25, -0.2) is 0 Å². The number of benzene rings is 1. The Morgan fingerprint density at radius 3 is 2.81 bits per heavy atom. The van der Waals surface area contributed by atoms with E-state index in [1.807, 2.05) is 0 Å². The number of ether oxygens (including phenoxy) is 1. The topological polar surface area (TPSA) is 68.4 Å². The summed E-state index contributed by atoms with van der Waals surface area (Å²) < 4.78 is 5.54. The summed E-state index contributed by atoms with van der Waals surface area (Å²) in [7, 11) is 0. The molecule has 0 fully saturated rings. The first-order valence-corrected chi connectivity index (χ1v) is 4.87. The van der Waals surface area contributed by atoms with Crippen LogP contribution in [-0.2, 0) is 6.61 Å². The van der Waals surface area contributed by atoms with Crippen LogP contribution in [-0.4, -0.2) is 10.1 Å². The lowest BCUT2D eigenvalue weighted by Crippen LogP contribution is -1.94. The summed E-state index contributed by atoms with van der Waals surface area (Å²) in [5.74, 6) is 1.19. The average Bonchev–Trinajstić information content (AvgIpc) is 2.33. The van der Waals surface area contributed by atoms with E-state index in [0.29, 0.717) is 17.2 Å². The van der Waals surface area contributed by atoms with Crippen molar-refractivity contribution in [3.05, 3.63) is 48.3 Å². The third-order valence-electron chi connectivity index (χ3n) is 2.12. The van der Waals surface area contributed by atoms with Gasteiger partial charge in [0.2, 0.25) is 0 Å². The number of anilines is 1. The highest BCUT2D eigenvalue weighted by molar-refractivity contribution is 5.55. The molecule has 0 bridgehead atoms. The predicted molar refractivity (Wildman–Crippen MR) is 61.1 cm³/mol. The van der Waals surface area contributed by atoms with E-state index < -0.39 is 0 Å². The van der Waals surface area contributed by atoms with E-state index in [0.717, 1.165) is 5.56 Å². The van der Waals surface area contributed by atoms with Crippen molar-refractivity contribution in [2.24, 2.45) is 0 Å². The van der Waals surface area contributed by atoms with Gasteiger partial charge >= 0.3 is 0 Å². The Morgan fingerprint density at radius 1 is 1.31 bits per heavy atom. The second-order valence-electron chi connectivity index (χ2n) is 3.32. The summed E-state index contributed by atoms with van der Waals surface area (Å²) in [6.45, 7) is -0.0304. The largest absolute Gasteiger partial charge is 0.454 e. The Kier molecular flexibility index (Phi) is 3.03. The standard InChI is InChI=1S/C12H12N2O2/c13-11-6-9(8-15)3-4-12(11)16-10-2-1-5-14-7-10/h1-7,15H,8,13H2. The van der Waals surface area contributed by atoms with Gasteiger partial charge in [0, 0.05) is 6.20 Å². The van der Waals surface area contributed by atoms with Crippen molar-refractivity contribution in [3.8, 4) is 11.5 Å². The Morgan fingerprint density at radius 2 is 2.19 bits per heavy atom. The van der Waals surface area contributed by atoms with E-state index in [9.17, 15) is 0 Å². The maximum absolute atomic E-state index is 8.94. The first kappa shape index (κ1) is 10.4. The predicted octanol–water partition coefficient (Wildman–Crippen LogP) is 1.95. The summed E-state index contributed by atoms with van der Waals surface area (Å²) >= 11 is 0. The fourth-order valence-corrected chi connectivity index (χ4v) is 1.32. The van der Waals surface area contributed by atoms with Crippen LogP contribution in [0.1, 0.15) is 5.56 Å². The molecule has 0 aliphatic carbocycles. The van der Waals surface area contributed by atoms with Crippen LogP contribution in [0.2, 0.25) is 0 Å². The van der Waals surface area contributed by atoms with E-state index in [1.54, 1.807) is 42.7 Å². The highest BCUT2D eigenvalue weighted by atomic mass is 16.5. The number of rotatable bonds is 3. The normalized spacial score (nSPS) is 10.1. The van der Waals surface area contributed by atoms with Crippen LogP contribution in [0.3, 0.4) is 0 Å². The van der Waals surface area contributed by atoms with E-state index >= 15 is 0 Å². The zero-order valence-electron chi connectivity index (χ0n) is 8.63. The monoisotopic (exact) mass is 216 g/mol. The maximum Gasteiger partial charge on any atom is 0.150 e. The zero-order valence-corrected chi connectivity index (χ0v) is 8.63. The number of hydrogen-bond acceptors (Lipinski definition) is 4. The Hall–Kier alpha value is -2.07. The van der Waals surface area contributed by atoms with Gasteiger partial charge in [0.25, 0.3) is 0 Å². The van der Waals surface area contributed by atoms with Crippen LogP contribution in [0.15, 0.2) is 42.7 Å². The zero-order chi connectivity index (χ0) is 11.4. The van der Waals surface area contributed by atoms with Gasteiger partial charge in [-0.05, 0) is 29.8 Å². The second kappa shape index (κ2) is 4.63. The minimum absolute atomic E-state index is 0.0304. The fraction of sp³-hybridized carbons (Fsp3) is 0.0833. The second-order valence-corrected chi connectivity index (χ2v) is 3.32. The van der Waals surface area contributed by atoms with E-state index in [-0.39, 0.29) is 6.61 Å². The van der Waals surface area contributed by atoms with Gasteiger partial charge in [-0.15, -0.1) is 0 Å². The summed E-state index contributed by atoms with van der Waals surface area (Å²) in [5.41, 5.74) is 7.04. The first-order valence-electron chi connectivity index (χ1n) is 4.87. The Balaban J connectivity index is 2.22. The summed E-state index contributed by atoms with van der Waals surface area (Å²) in [6, 6.07) is 8.77. The molecule has 0 saturated carbocycles. The van der Waals surface area contributed by atoms with Crippen molar-refractivity contribution >= 4 is 5.69 Å². The molecule has 16 heavy (non-hydrogen) atoms. The first-order chi connectivity index (χ1) is 7.79. The number of hydrogen-bond donors (Lipinski definition) is 2. The SMILES string of the molecule is Nc1cc(CO)ccc1Oc1cccnc1. The van der Waals surface area contributed by atoms with E-state index in [2.05, 4.69) is 4.98 Å². The molecule has 2 rings (SSSR count). The fourth-order valence-electron chi connectivity index (χ4n) is 1.32. The van der Waals surface area contributed by atoms with E-state index in [4.69, 9.17) is 15.6 Å². The van der Waals surface area contributed by atoms with Gasteiger partial charge < -0.3 is 15.6 Å². The average molecular weight is 216 g/mol. The molecule has 82 valence electrons. The van der Waals surface area contributed by atoms with Gasteiger partial charge in [-0.2, -0.15) is 0 Å². The van der Waals surface area contributed by atoms with Crippen LogP contribution in [0.5, 0.6) is 11.5 Å². The minimum Gasteiger partial charge on any atom is -0.454 e. The van der Waals surface area contributed by atoms with Crippen LogP contribution in [0, 0.1) is 0 Å². The summed E-state index contributed by atoms with van der Waals surface area (Å²) in [4.78, 5) is 3.94. The van der Waals surface area contributed by atoms with Crippen molar-refractivity contribution in [2.45, 2.75) is 6.61 Å². The lowest BCUT2D eigenvalue weighted by molar-refractivity contribution is 0.282. The molecule has 3 N–H and O–H groups in total. The lowest BCUT2D eigenvalue weighted by atomic mass is 10.2. The molecule has 0 aliphatic heterocycles. The molecule has 1 aromatic carbocycles. The lowest BCUT2D eigenvalue weighted by Gasteiger charge is -2.08. The van der Waals surface area contributed by atoms with Gasteiger partial charge in [-0.1, -0.05) is 6.07 Å². The summed E-state index contributed by atoms with van der Waals surface area (Å²) in [6.07, 6.45) is 3.28. The molecule has 4 heteroatoms. The molecule has 0 atom stereocenters. The van der Waals surface area contributed by atoms with Crippen molar-refractivity contribution < 1.29 is 9.84 Å². The van der Waals surface area contributed by atoms with Crippen molar-refractivity contribution in [1.29, 1.82) is 0 Å². The molecule has 1 heterocycles. The molecule has 2 aromatic rings. The number of aromatic nitrogens is 1. The quantitative estimate of drug-likeness (QED) is 0.769. The number of aliphatic hydroxyl groups excluding tert-OH is 1. The molecule has 0 spiro atoms. The van der Waals surface area contributed by atoms with Crippen LogP contribution < -0.4 is 10.5 Å². The highest BCUT2D eigenvalue weighted by Crippen LogP contribution is 2.27. The highest BCUT2D eigenvalue weighted by Gasteiger charge is 2.02. The molecule has 0 aliphatic rings. The molecule has 0 radical (unpaired) electrons. The molecule has 0 amide bonds. The minimum atomic E-state index is -0.0304. The van der Waals surface area contributed by atoms with Crippen LogP contribution in [0.4, 0.5) is 5.69 Å². The third kappa shape index (κ3) is 2.29. The molecule has 4 nitrogen and oxygen atoms in total.